The number of methoxy groups -OCH3 is 2. The van der Waals surface area contributed by atoms with Crippen molar-refractivity contribution in [2.24, 2.45) is 5.92 Å². The van der Waals surface area contributed by atoms with Gasteiger partial charge < -0.3 is 19.1 Å². The monoisotopic (exact) mass is 736 g/mol. The summed E-state index contributed by atoms with van der Waals surface area (Å²) in [5.41, 5.74) is 1.29. The maximum absolute atomic E-state index is 15.9. The van der Waals surface area contributed by atoms with Crippen molar-refractivity contribution in [3.63, 3.8) is 0 Å². The van der Waals surface area contributed by atoms with Crippen molar-refractivity contribution in [2.75, 3.05) is 33.9 Å². The van der Waals surface area contributed by atoms with Crippen LogP contribution >= 0.6 is 13.5 Å². The van der Waals surface area contributed by atoms with E-state index in [1.165, 1.54) is 0 Å². The first-order chi connectivity index (χ1) is 23.4. The number of benzene rings is 2. The topological polar surface area (TPSA) is 98.1 Å². The Labute approximate surface area is 303 Å². The molecule has 0 amide bonds. The van der Waals surface area contributed by atoms with Gasteiger partial charge in [-0.25, -0.2) is 4.39 Å². The smallest absolute Gasteiger partial charge is 0.416 e. The molecule has 0 saturated carbocycles. The standard InChI is InChI=1S/C38H46F4N2O6.H2S/c1-21(2)10-32(44-18-25(8-9-43-19-29(20-43)50-7)31(17-34(44)46)38(40,41)42)33(45)15-26(16-35(47)48)30-14-27(11-24(5)37(30)39)36-22(3)12-28(49-6)13-23(36)4;/h11-14,17-18,21,26,29,32H,8-10,15-16,19-20H2,1-7H3,(H,47,48);1H2/t26-,32?;/m0./s1. The average molecular weight is 737 g/mol. The molecule has 4 rings (SSSR count). The highest BCUT2D eigenvalue weighted by Gasteiger charge is 2.37. The largest absolute Gasteiger partial charge is 0.497 e. The van der Waals surface area contributed by atoms with Crippen LogP contribution in [0.25, 0.3) is 11.1 Å². The highest BCUT2D eigenvalue weighted by atomic mass is 32.1. The lowest BCUT2D eigenvalue weighted by molar-refractivity contribution is -0.139. The number of pyridine rings is 1. The Hall–Kier alpha value is -3.68. The van der Waals surface area contributed by atoms with Crippen molar-refractivity contribution in [1.29, 1.82) is 0 Å². The van der Waals surface area contributed by atoms with Crippen LogP contribution in [0.3, 0.4) is 0 Å². The predicted octanol–water partition coefficient (Wildman–Crippen LogP) is 7.40. The van der Waals surface area contributed by atoms with Gasteiger partial charge in [-0.05, 0) is 103 Å². The Kier molecular flexibility index (Phi) is 14.1. The number of Topliss-reactive ketones (excluding diaryl/α,β-unsaturated/α-hetero) is 1. The summed E-state index contributed by atoms with van der Waals surface area (Å²) in [7, 11) is 3.12. The Bertz CT molecular complexity index is 1760. The molecule has 0 bridgehead atoms. The third-order valence-electron chi connectivity index (χ3n) is 9.45. The average Bonchev–Trinajstić information content (AvgIpc) is 2.99. The molecule has 1 fully saturated rings. The molecule has 1 unspecified atom stereocenters. The number of aliphatic carboxylic acids is 1. The zero-order valence-electron chi connectivity index (χ0n) is 30.1. The molecule has 2 aromatic carbocycles. The second kappa shape index (κ2) is 17.2. The number of alkyl halides is 3. The fourth-order valence-corrected chi connectivity index (χ4v) is 6.89. The minimum Gasteiger partial charge on any atom is -0.497 e. The van der Waals surface area contributed by atoms with Crippen LogP contribution < -0.4 is 10.3 Å². The van der Waals surface area contributed by atoms with Gasteiger partial charge in [-0.3, -0.25) is 19.3 Å². The van der Waals surface area contributed by atoms with Crippen LogP contribution in [0.2, 0.25) is 0 Å². The van der Waals surface area contributed by atoms with Crippen molar-refractivity contribution in [2.45, 2.75) is 84.5 Å². The molecule has 51 heavy (non-hydrogen) atoms. The van der Waals surface area contributed by atoms with E-state index in [0.29, 0.717) is 37.0 Å². The zero-order chi connectivity index (χ0) is 37.1. The van der Waals surface area contributed by atoms with Crippen molar-refractivity contribution in [3.8, 4) is 16.9 Å². The molecule has 280 valence electrons. The summed E-state index contributed by atoms with van der Waals surface area (Å²) in [6.45, 7) is 10.4. The van der Waals surface area contributed by atoms with E-state index in [0.717, 1.165) is 27.5 Å². The number of ketones is 1. The fraction of sp³-hybridized carbons (Fsp3) is 0.500. The summed E-state index contributed by atoms with van der Waals surface area (Å²) in [5, 5.41) is 9.88. The summed E-state index contributed by atoms with van der Waals surface area (Å²) >= 11 is 0. The maximum Gasteiger partial charge on any atom is 0.416 e. The van der Waals surface area contributed by atoms with Crippen molar-refractivity contribution >= 4 is 25.2 Å². The van der Waals surface area contributed by atoms with Gasteiger partial charge >= 0.3 is 12.1 Å². The van der Waals surface area contributed by atoms with E-state index in [9.17, 15) is 32.7 Å². The molecule has 1 saturated heterocycles. The number of aryl methyl sites for hydroxylation is 3. The molecule has 1 aliphatic rings. The Morgan fingerprint density at radius 2 is 1.61 bits per heavy atom. The number of carbonyl (C=O) groups excluding carboxylic acids is 1. The van der Waals surface area contributed by atoms with Crippen LogP contribution in [0, 0.1) is 32.5 Å². The third-order valence-corrected chi connectivity index (χ3v) is 9.45. The second-order valence-corrected chi connectivity index (χ2v) is 13.8. The lowest BCUT2D eigenvalue weighted by Crippen LogP contribution is -2.52. The summed E-state index contributed by atoms with van der Waals surface area (Å²) in [6, 6.07) is 6.25. The molecule has 1 aromatic heterocycles. The number of ether oxygens (including phenoxy) is 2. The summed E-state index contributed by atoms with van der Waals surface area (Å²) in [6.07, 6.45) is -4.59. The first-order valence-corrected chi connectivity index (χ1v) is 16.7. The first-order valence-electron chi connectivity index (χ1n) is 16.7. The Balaban J connectivity index is 0.00000702. The van der Waals surface area contributed by atoms with Gasteiger partial charge in [-0.1, -0.05) is 13.8 Å². The molecule has 1 N–H and O–H groups in total. The number of carboxylic acid groups (broad SMARTS) is 1. The Morgan fingerprint density at radius 3 is 2.14 bits per heavy atom. The van der Waals surface area contributed by atoms with Gasteiger partial charge in [-0.2, -0.15) is 26.7 Å². The molecule has 0 aliphatic carbocycles. The van der Waals surface area contributed by atoms with E-state index in [1.54, 1.807) is 33.3 Å². The van der Waals surface area contributed by atoms with Crippen molar-refractivity contribution < 1.29 is 41.7 Å². The van der Waals surface area contributed by atoms with E-state index < -0.39 is 59.7 Å². The number of rotatable bonds is 15. The highest BCUT2D eigenvalue weighted by Crippen LogP contribution is 2.38. The summed E-state index contributed by atoms with van der Waals surface area (Å²) in [4.78, 5) is 41.6. The molecule has 8 nitrogen and oxygen atoms in total. The third kappa shape index (κ3) is 10.0. The molecular weight excluding hydrogens is 688 g/mol. The summed E-state index contributed by atoms with van der Waals surface area (Å²) in [5.74, 6) is -3.09. The van der Waals surface area contributed by atoms with E-state index in [1.807, 2.05) is 44.7 Å². The molecule has 0 spiro atoms. The van der Waals surface area contributed by atoms with Crippen LogP contribution in [0.15, 0.2) is 41.3 Å². The van der Waals surface area contributed by atoms with Crippen LogP contribution in [0.5, 0.6) is 5.75 Å². The maximum atomic E-state index is 15.9. The molecule has 2 heterocycles. The minimum absolute atomic E-state index is 0. The SMILES string of the molecule is COc1cc(C)c(-c2cc(C)c(F)c([C@H](CC(=O)O)CC(=O)C(CC(C)C)n3cc(CCN4CC(OC)C4)c(C(F)(F)F)cc3=O)c2)c(C)c1.S. The first kappa shape index (κ1) is 41.7. The van der Waals surface area contributed by atoms with Gasteiger partial charge in [0.05, 0.1) is 31.2 Å². The van der Waals surface area contributed by atoms with Crippen molar-refractivity contribution in [1.82, 2.24) is 9.47 Å². The van der Waals surface area contributed by atoms with Gasteiger partial charge in [-0.15, -0.1) is 0 Å². The van der Waals surface area contributed by atoms with Gasteiger partial charge in [0.25, 0.3) is 5.56 Å². The number of carbonyl (C=O) groups is 2. The molecular formula is C38H48F4N2O6S. The van der Waals surface area contributed by atoms with E-state index in [4.69, 9.17) is 9.47 Å². The Morgan fingerprint density at radius 1 is 0.980 bits per heavy atom. The predicted molar refractivity (Wildman–Crippen MR) is 193 cm³/mol. The number of hydrogen-bond acceptors (Lipinski definition) is 6. The summed E-state index contributed by atoms with van der Waals surface area (Å²) < 4.78 is 69.9. The van der Waals surface area contributed by atoms with Gasteiger partial charge in [0, 0.05) is 51.3 Å². The second-order valence-electron chi connectivity index (χ2n) is 13.8. The number of likely N-dealkylation sites (tertiary alicyclic amines) is 1. The number of hydrogen-bond donors (Lipinski definition) is 1. The van der Waals surface area contributed by atoms with Gasteiger partial charge in [0.1, 0.15) is 11.6 Å². The number of aromatic nitrogens is 1. The van der Waals surface area contributed by atoms with E-state index >= 15 is 4.39 Å². The van der Waals surface area contributed by atoms with E-state index in [-0.39, 0.29) is 55.0 Å². The molecule has 0 radical (unpaired) electrons. The van der Waals surface area contributed by atoms with E-state index in [2.05, 4.69) is 0 Å². The van der Waals surface area contributed by atoms with Crippen molar-refractivity contribution in [3.05, 3.63) is 86.1 Å². The van der Waals surface area contributed by atoms with Gasteiger partial charge in [0.2, 0.25) is 0 Å². The minimum atomic E-state index is -4.79. The number of halogens is 4. The molecule has 1 aliphatic heterocycles. The highest BCUT2D eigenvalue weighted by molar-refractivity contribution is 7.59. The van der Waals surface area contributed by atoms with Crippen LogP contribution in [-0.4, -0.2) is 66.3 Å². The molecule has 3 aromatic rings. The van der Waals surface area contributed by atoms with Crippen LogP contribution in [-0.2, 0) is 26.9 Å². The zero-order valence-corrected chi connectivity index (χ0v) is 31.1. The number of nitrogens with zero attached hydrogens (tertiary/aromatic N) is 2. The van der Waals surface area contributed by atoms with Crippen LogP contribution in [0.1, 0.15) is 78.5 Å². The fourth-order valence-electron chi connectivity index (χ4n) is 6.89. The number of carboxylic acids is 1. The quantitative estimate of drug-likeness (QED) is 0.163. The lowest BCUT2D eigenvalue weighted by atomic mass is 9.83. The van der Waals surface area contributed by atoms with Gasteiger partial charge in [0.15, 0.2) is 5.78 Å². The molecule has 2 atom stereocenters. The molecule has 13 heteroatoms. The normalized spacial score (nSPS) is 14.9. The lowest BCUT2D eigenvalue weighted by Gasteiger charge is -2.38. The van der Waals surface area contributed by atoms with Crippen LogP contribution in [0.4, 0.5) is 17.6 Å².